The fraction of sp³-hybridized carbons (Fsp3) is 0.118. The summed E-state index contributed by atoms with van der Waals surface area (Å²) in [5.74, 6) is -3.41. The fourth-order valence-corrected chi connectivity index (χ4v) is 1.63. The van der Waals surface area contributed by atoms with Crippen LogP contribution in [0, 0.1) is 0 Å². The molecule has 0 aliphatic heterocycles. The first-order chi connectivity index (χ1) is 12.5. The summed E-state index contributed by atoms with van der Waals surface area (Å²) in [5.41, 5.74) is 12.3. The van der Waals surface area contributed by atoms with Crippen LogP contribution in [0.15, 0.2) is 48.5 Å². The molecule has 0 spiro atoms. The predicted octanol–water partition coefficient (Wildman–Crippen LogP) is 2.10. The molecule has 0 atom stereocenters. The van der Waals surface area contributed by atoms with E-state index in [1.165, 1.54) is 24.3 Å². The number of carbonyl (C=O) groups excluding carboxylic acids is 2. The molecule has 2 rings (SSSR count). The highest BCUT2D eigenvalue weighted by Crippen LogP contribution is 2.15. The number of primary amides is 1. The lowest BCUT2D eigenvalue weighted by atomic mass is 10.1. The van der Waals surface area contributed by atoms with E-state index in [0.29, 0.717) is 23.4 Å². The molecule has 0 fully saturated rings. The van der Waals surface area contributed by atoms with Gasteiger partial charge in [-0.15, -0.1) is 0 Å². The van der Waals surface area contributed by atoms with Crippen LogP contribution in [0.3, 0.4) is 0 Å². The molecule has 144 valence electrons. The first-order valence-electron chi connectivity index (χ1n) is 7.25. The van der Waals surface area contributed by atoms with E-state index in [4.69, 9.17) is 26.1 Å². The number of rotatable bonds is 4. The Bertz CT molecular complexity index is 803. The van der Waals surface area contributed by atoms with Crippen LogP contribution in [0.2, 0.25) is 0 Å². The van der Waals surface area contributed by atoms with Crippen molar-refractivity contribution in [2.75, 3.05) is 0 Å². The maximum atomic E-state index is 11.9. The molecule has 1 amide bonds. The third-order valence-corrected chi connectivity index (χ3v) is 3.02. The van der Waals surface area contributed by atoms with Gasteiger partial charge in [0.05, 0.1) is 5.56 Å². The Morgan fingerprint density at radius 1 is 0.926 bits per heavy atom. The quantitative estimate of drug-likeness (QED) is 0.546. The number of ether oxygens (including phenoxy) is 1. The lowest BCUT2D eigenvalue weighted by Crippen LogP contribution is -2.21. The summed E-state index contributed by atoms with van der Waals surface area (Å²) in [6.45, 7) is 0.421. The molecule has 0 heterocycles. The Morgan fingerprint density at radius 2 is 1.37 bits per heavy atom. The van der Waals surface area contributed by atoms with Gasteiger partial charge in [-0.2, -0.15) is 13.2 Å². The number of hydrogen-bond acceptors (Lipinski definition) is 5. The number of carbonyl (C=O) groups is 3. The average Bonchev–Trinajstić information content (AvgIpc) is 2.62. The van der Waals surface area contributed by atoms with Crippen LogP contribution in [-0.4, -0.2) is 29.1 Å². The third kappa shape index (κ3) is 7.16. The number of amides is 1. The van der Waals surface area contributed by atoms with Crippen molar-refractivity contribution in [3.8, 4) is 5.75 Å². The van der Waals surface area contributed by atoms with Crippen molar-refractivity contribution in [3.05, 3.63) is 65.2 Å². The second-order valence-electron chi connectivity index (χ2n) is 4.98. The lowest BCUT2D eigenvalue weighted by Gasteiger charge is -2.05. The standard InChI is InChI=1S/C15H14N2O3.C2HF3O2/c16-9-10-1-3-12(4-2-10)15(19)20-13-7-5-11(6-8-13)14(17)18;3-2(4,5)1(6)7/h1-8H,9,16H2,(H2,17,18);(H,6,7). The van der Waals surface area contributed by atoms with E-state index >= 15 is 0 Å². The van der Waals surface area contributed by atoms with Gasteiger partial charge >= 0.3 is 18.1 Å². The molecule has 0 saturated heterocycles. The zero-order valence-electron chi connectivity index (χ0n) is 13.7. The fourth-order valence-electron chi connectivity index (χ4n) is 1.63. The second-order valence-corrected chi connectivity index (χ2v) is 4.98. The van der Waals surface area contributed by atoms with Crippen molar-refractivity contribution >= 4 is 17.8 Å². The van der Waals surface area contributed by atoms with E-state index in [9.17, 15) is 22.8 Å². The van der Waals surface area contributed by atoms with Crippen molar-refractivity contribution in [2.24, 2.45) is 11.5 Å². The molecule has 0 aromatic heterocycles. The van der Waals surface area contributed by atoms with Crippen LogP contribution in [0.4, 0.5) is 13.2 Å². The Labute approximate surface area is 151 Å². The Balaban J connectivity index is 0.000000445. The summed E-state index contributed by atoms with van der Waals surface area (Å²) in [6, 6.07) is 12.9. The first-order valence-corrected chi connectivity index (χ1v) is 7.25. The van der Waals surface area contributed by atoms with Crippen LogP contribution in [0.25, 0.3) is 0 Å². The topological polar surface area (TPSA) is 133 Å². The molecule has 0 radical (unpaired) electrons. The van der Waals surface area contributed by atoms with Gasteiger partial charge in [0, 0.05) is 12.1 Å². The highest BCUT2D eigenvalue weighted by atomic mass is 19.4. The van der Waals surface area contributed by atoms with Crippen LogP contribution in [0.5, 0.6) is 5.75 Å². The zero-order valence-corrected chi connectivity index (χ0v) is 13.7. The van der Waals surface area contributed by atoms with Gasteiger partial charge in [0.15, 0.2) is 0 Å². The monoisotopic (exact) mass is 384 g/mol. The smallest absolute Gasteiger partial charge is 0.475 e. The van der Waals surface area contributed by atoms with Crippen molar-refractivity contribution in [1.29, 1.82) is 0 Å². The molecule has 0 aliphatic rings. The highest BCUT2D eigenvalue weighted by molar-refractivity contribution is 5.93. The second kappa shape index (κ2) is 9.34. The number of halogens is 3. The molecule has 0 aliphatic carbocycles. The Kier molecular flexibility index (Phi) is 7.49. The summed E-state index contributed by atoms with van der Waals surface area (Å²) in [4.78, 5) is 31.7. The van der Waals surface area contributed by atoms with E-state index in [-0.39, 0.29) is 0 Å². The molecule has 2 aromatic carbocycles. The van der Waals surface area contributed by atoms with Crippen molar-refractivity contribution in [1.82, 2.24) is 0 Å². The first kappa shape index (κ1) is 21.6. The molecule has 0 saturated carbocycles. The number of aliphatic carboxylic acids is 1. The number of alkyl halides is 3. The van der Waals surface area contributed by atoms with Crippen LogP contribution >= 0.6 is 0 Å². The average molecular weight is 384 g/mol. The molecule has 5 N–H and O–H groups in total. The summed E-state index contributed by atoms with van der Waals surface area (Å²) < 4.78 is 36.9. The number of carboxylic acids is 1. The van der Waals surface area contributed by atoms with Crippen molar-refractivity contribution < 1.29 is 37.4 Å². The van der Waals surface area contributed by atoms with Gasteiger partial charge in [-0.25, -0.2) is 9.59 Å². The summed E-state index contributed by atoms with van der Waals surface area (Å²) in [7, 11) is 0. The Hall–Kier alpha value is -3.40. The third-order valence-electron chi connectivity index (χ3n) is 3.02. The van der Waals surface area contributed by atoms with Gasteiger partial charge in [0.25, 0.3) is 0 Å². The summed E-state index contributed by atoms with van der Waals surface area (Å²) in [6.07, 6.45) is -5.08. The molecule has 2 aromatic rings. The van der Waals surface area contributed by atoms with Gasteiger partial charge in [0.2, 0.25) is 5.91 Å². The van der Waals surface area contributed by atoms with E-state index in [1.807, 2.05) is 0 Å². The van der Waals surface area contributed by atoms with E-state index in [1.54, 1.807) is 24.3 Å². The normalized spacial score (nSPS) is 10.4. The highest BCUT2D eigenvalue weighted by Gasteiger charge is 2.38. The predicted molar refractivity (Wildman–Crippen MR) is 87.9 cm³/mol. The van der Waals surface area contributed by atoms with E-state index in [2.05, 4.69) is 0 Å². The number of benzene rings is 2. The number of hydrogen-bond donors (Lipinski definition) is 3. The molecular weight excluding hydrogens is 369 g/mol. The minimum atomic E-state index is -5.08. The number of nitrogens with two attached hydrogens (primary N) is 2. The maximum absolute atomic E-state index is 11.9. The van der Waals surface area contributed by atoms with Gasteiger partial charge in [0.1, 0.15) is 5.75 Å². The summed E-state index contributed by atoms with van der Waals surface area (Å²) in [5, 5.41) is 7.12. The van der Waals surface area contributed by atoms with Gasteiger partial charge in [-0.3, -0.25) is 4.79 Å². The molecular formula is C17H15F3N2O5. The maximum Gasteiger partial charge on any atom is 0.490 e. The Morgan fingerprint density at radius 3 is 1.74 bits per heavy atom. The molecule has 27 heavy (non-hydrogen) atoms. The molecule has 0 unspecified atom stereocenters. The van der Waals surface area contributed by atoms with Gasteiger partial charge in [-0.1, -0.05) is 12.1 Å². The van der Waals surface area contributed by atoms with Crippen molar-refractivity contribution in [2.45, 2.75) is 12.7 Å². The van der Waals surface area contributed by atoms with Crippen molar-refractivity contribution in [3.63, 3.8) is 0 Å². The van der Waals surface area contributed by atoms with Crippen LogP contribution in [-0.2, 0) is 11.3 Å². The number of carboxylic acid groups (broad SMARTS) is 1. The number of esters is 1. The van der Waals surface area contributed by atoms with Crippen LogP contribution < -0.4 is 16.2 Å². The minimum absolute atomic E-state index is 0.350. The lowest BCUT2D eigenvalue weighted by molar-refractivity contribution is -0.192. The molecule has 10 heteroatoms. The largest absolute Gasteiger partial charge is 0.490 e. The molecule has 7 nitrogen and oxygen atoms in total. The summed E-state index contributed by atoms with van der Waals surface area (Å²) >= 11 is 0. The van der Waals surface area contributed by atoms with Gasteiger partial charge in [-0.05, 0) is 42.0 Å². The SMILES string of the molecule is NCc1ccc(C(=O)Oc2ccc(C(N)=O)cc2)cc1.O=C(O)C(F)(F)F. The zero-order chi connectivity index (χ0) is 20.6. The molecule has 0 bridgehead atoms. The van der Waals surface area contributed by atoms with E-state index in [0.717, 1.165) is 5.56 Å². The van der Waals surface area contributed by atoms with Gasteiger partial charge < -0.3 is 21.3 Å². The van der Waals surface area contributed by atoms with Crippen LogP contribution in [0.1, 0.15) is 26.3 Å². The van der Waals surface area contributed by atoms with E-state index < -0.39 is 24.0 Å². The minimum Gasteiger partial charge on any atom is -0.475 e.